The van der Waals surface area contributed by atoms with E-state index in [1.54, 1.807) is 4.90 Å². The van der Waals surface area contributed by atoms with E-state index >= 15 is 0 Å². The van der Waals surface area contributed by atoms with Gasteiger partial charge in [0.1, 0.15) is 6.61 Å². The quantitative estimate of drug-likeness (QED) is 0.847. The summed E-state index contributed by atoms with van der Waals surface area (Å²) in [5.74, 6) is 0.0950. The van der Waals surface area contributed by atoms with Gasteiger partial charge >= 0.3 is 0 Å². The van der Waals surface area contributed by atoms with Gasteiger partial charge in [-0.05, 0) is 18.4 Å². The summed E-state index contributed by atoms with van der Waals surface area (Å²) in [5, 5.41) is 0. The minimum absolute atomic E-state index is 0.0207. The summed E-state index contributed by atoms with van der Waals surface area (Å²) in [6, 6.07) is 10.3. The Morgan fingerprint density at radius 3 is 2.65 bits per heavy atom. The number of likely N-dealkylation sites (tertiary alicyclic amines) is 2. The molecule has 5 heteroatoms. The number of ether oxygens (including phenoxy) is 1. The Morgan fingerprint density at radius 2 is 1.96 bits per heavy atom. The van der Waals surface area contributed by atoms with E-state index in [4.69, 9.17) is 4.74 Å². The smallest absolute Gasteiger partial charge is 0.248 e. The summed E-state index contributed by atoms with van der Waals surface area (Å²) >= 11 is 0. The van der Waals surface area contributed by atoms with Gasteiger partial charge in [-0.2, -0.15) is 0 Å². The van der Waals surface area contributed by atoms with Crippen LogP contribution in [-0.4, -0.2) is 61.5 Å². The summed E-state index contributed by atoms with van der Waals surface area (Å²) in [7, 11) is 3.38. The van der Waals surface area contributed by atoms with E-state index in [0.717, 1.165) is 19.4 Å². The molecule has 1 aromatic rings. The second-order valence-corrected chi connectivity index (χ2v) is 6.58. The SMILES string of the molecule is COCC(=O)N1CC[C@@]2(c3ccccc3)CCN(C)C(=O)C[C@H]12. The van der Waals surface area contributed by atoms with Crippen molar-refractivity contribution in [2.45, 2.75) is 30.7 Å². The number of amides is 2. The first-order chi connectivity index (χ1) is 11.1. The first-order valence-electron chi connectivity index (χ1n) is 8.16. The summed E-state index contributed by atoms with van der Waals surface area (Å²) < 4.78 is 5.03. The molecule has 0 aromatic heterocycles. The van der Waals surface area contributed by atoms with Gasteiger partial charge in [-0.1, -0.05) is 30.3 Å². The van der Waals surface area contributed by atoms with Gasteiger partial charge in [0.25, 0.3) is 0 Å². The Balaban J connectivity index is 2.00. The van der Waals surface area contributed by atoms with E-state index in [-0.39, 0.29) is 29.9 Å². The van der Waals surface area contributed by atoms with Crippen LogP contribution in [0.3, 0.4) is 0 Å². The average molecular weight is 316 g/mol. The van der Waals surface area contributed by atoms with E-state index in [1.165, 1.54) is 12.7 Å². The molecular weight excluding hydrogens is 292 g/mol. The number of methoxy groups -OCH3 is 1. The third-order valence-electron chi connectivity index (χ3n) is 5.44. The third-order valence-corrected chi connectivity index (χ3v) is 5.44. The monoisotopic (exact) mass is 316 g/mol. The maximum absolute atomic E-state index is 12.5. The maximum Gasteiger partial charge on any atom is 0.248 e. The van der Waals surface area contributed by atoms with Crippen LogP contribution in [0.25, 0.3) is 0 Å². The Labute approximate surface area is 137 Å². The number of hydrogen-bond acceptors (Lipinski definition) is 3. The first-order valence-corrected chi connectivity index (χ1v) is 8.16. The molecule has 2 heterocycles. The fourth-order valence-corrected chi connectivity index (χ4v) is 4.11. The fourth-order valence-electron chi connectivity index (χ4n) is 4.11. The van der Waals surface area contributed by atoms with Gasteiger partial charge in [0, 0.05) is 39.1 Å². The zero-order valence-corrected chi connectivity index (χ0v) is 13.8. The fraction of sp³-hybridized carbons (Fsp3) is 0.556. The highest BCUT2D eigenvalue weighted by atomic mass is 16.5. The molecule has 0 unspecified atom stereocenters. The Morgan fingerprint density at radius 1 is 1.26 bits per heavy atom. The van der Waals surface area contributed by atoms with Crippen LogP contribution >= 0.6 is 0 Å². The van der Waals surface area contributed by atoms with E-state index in [1.807, 2.05) is 30.1 Å². The molecule has 2 amide bonds. The summed E-state index contributed by atoms with van der Waals surface area (Å²) in [5.41, 5.74) is 1.10. The van der Waals surface area contributed by atoms with Gasteiger partial charge in [0.15, 0.2) is 0 Å². The summed E-state index contributed by atoms with van der Waals surface area (Å²) in [6.07, 6.45) is 2.18. The number of hydrogen-bond donors (Lipinski definition) is 0. The predicted molar refractivity (Wildman–Crippen MR) is 87.0 cm³/mol. The largest absolute Gasteiger partial charge is 0.375 e. The molecule has 0 N–H and O–H groups in total. The minimum Gasteiger partial charge on any atom is -0.375 e. The number of rotatable bonds is 3. The van der Waals surface area contributed by atoms with Gasteiger partial charge in [0.05, 0.1) is 6.04 Å². The number of benzene rings is 1. The first kappa shape index (κ1) is 16.0. The molecule has 124 valence electrons. The normalized spacial score (nSPS) is 27.7. The lowest BCUT2D eigenvalue weighted by atomic mass is 9.71. The van der Waals surface area contributed by atoms with Crippen LogP contribution in [0.1, 0.15) is 24.8 Å². The average Bonchev–Trinajstić information content (AvgIpc) is 2.87. The minimum atomic E-state index is -0.134. The molecule has 23 heavy (non-hydrogen) atoms. The molecule has 5 nitrogen and oxygen atoms in total. The molecular formula is C18H24N2O3. The molecule has 2 fully saturated rings. The summed E-state index contributed by atoms with van der Waals surface area (Å²) in [6.45, 7) is 1.50. The van der Waals surface area contributed by atoms with Crippen LogP contribution in [-0.2, 0) is 19.7 Å². The molecule has 3 rings (SSSR count). The van der Waals surface area contributed by atoms with Crippen LogP contribution in [0.15, 0.2) is 30.3 Å². The highest BCUT2D eigenvalue weighted by Gasteiger charge is 2.52. The van der Waals surface area contributed by atoms with Crippen molar-refractivity contribution in [2.24, 2.45) is 0 Å². The predicted octanol–water partition coefficient (Wildman–Crippen LogP) is 1.42. The Hall–Kier alpha value is -1.88. The van der Waals surface area contributed by atoms with Gasteiger partial charge in [-0.3, -0.25) is 9.59 Å². The summed E-state index contributed by atoms with van der Waals surface area (Å²) in [4.78, 5) is 28.5. The molecule has 0 spiro atoms. The lowest BCUT2D eigenvalue weighted by molar-refractivity contribution is -0.138. The number of carbonyl (C=O) groups is 2. The highest BCUT2D eigenvalue weighted by Crippen LogP contribution is 2.46. The van der Waals surface area contributed by atoms with Crippen molar-refractivity contribution in [3.8, 4) is 0 Å². The van der Waals surface area contributed by atoms with Crippen molar-refractivity contribution in [3.63, 3.8) is 0 Å². The van der Waals surface area contributed by atoms with Crippen molar-refractivity contribution in [3.05, 3.63) is 35.9 Å². The Kier molecular flexibility index (Phi) is 4.39. The second-order valence-electron chi connectivity index (χ2n) is 6.58. The molecule has 2 saturated heterocycles. The van der Waals surface area contributed by atoms with Crippen molar-refractivity contribution < 1.29 is 14.3 Å². The molecule has 2 atom stereocenters. The molecule has 0 bridgehead atoms. The van der Waals surface area contributed by atoms with Crippen LogP contribution in [0, 0.1) is 0 Å². The van der Waals surface area contributed by atoms with Crippen LogP contribution < -0.4 is 0 Å². The third kappa shape index (κ3) is 2.74. The lowest BCUT2D eigenvalue weighted by Crippen LogP contribution is -2.46. The Bertz CT molecular complexity index is 589. The van der Waals surface area contributed by atoms with Gasteiger partial charge in [-0.15, -0.1) is 0 Å². The zero-order chi connectivity index (χ0) is 16.4. The van der Waals surface area contributed by atoms with Gasteiger partial charge < -0.3 is 14.5 Å². The van der Waals surface area contributed by atoms with E-state index in [0.29, 0.717) is 13.0 Å². The molecule has 0 saturated carbocycles. The second kappa shape index (κ2) is 6.32. The standard InChI is InChI=1S/C18H24N2O3/c1-19-10-8-18(14-6-4-3-5-7-14)9-11-20(17(22)13-23-2)15(18)12-16(19)21/h3-7,15H,8-13H2,1-2H3/t15-,18+/m0/s1. The molecule has 0 radical (unpaired) electrons. The zero-order valence-electron chi connectivity index (χ0n) is 13.8. The number of carbonyl (C=O) groups excluding carboxylic acids is 2. The molecule has 2 aliphatic heterocycles. The van der Waals surface area contributed by atoms with Crippen molar-refractivity contribution in [1.29, 1.82) is 0 Å². The highest BCUT2D eigenvalue weighted by molar-refractivity contribution is 5.82. The lowest BCUT2D eigenvalue weighted by Gasteiger charge is -2.36. The molecule has 0 aliphatic carbocycles. The van der Waals surface area contributed by atoms with E-state index in [9.17, 15) is 9.59 Å². The van der Waals surface area contributed by atoms with Gasteiger partial charge in [-0.25, -0.2) is 0 Å². The van der Waals surface area contributed by atoms with Crippen molar-refractivity contribution >= 4 is 11.8 Å². The van der Waals surface area contributed by atoms with Crippen molar-refractivity contribution in [1.82, 2.24) is 9.80 Å². The van der Waals surface area contributed by atoms with E-state index in [2.05, 4.69) is 12.1 Å². The number of nitrogens with zero attached hydrogens (tertiary/aromatic N) is 2. The molecule has 1 aromatic carbocycles. The van der Waals surface area contributed by atoms with Crippen molar-refractivity contribution in [2.75, 3.05) is 33.9 Å². The van der Waals surface area contributed by atoms with E-state index < -0.39 is 0 Å². The van der Waals surface area contributed by atoms with Crippen LogP contribution in [0.5, 0.6) is 0 Å². The van der Waals surface area contributed by atoms with Crippen LogP contribution in [0.2, 0.25) is 0 Å². The van der Waals surface area contributed by atoms with Gasteiger partial charge in [0.2, 0.25) is 11.8 Å². The van der Waals surface area contributed by atoms with Crippen LogP contribution in [0.4, 0.5) is 0 Å². The maximum atomic E-state index is 12.5. The number of fused-ring (bicyclic) bond motifs is 1. The molecule has 2 aliphatic rings. The topological polar surface area (TPSA) is 49.9 Å².